The van der Waals surface area contributed by atoms with Gasteiger partial charge in [-0.2, -0.15) is 0 Å². The average Bonchev–Trinajstić information content (AvgIpc) is 3.38. The molecule has 1 aromatic heterocycles. The van der Waals surface area contributed by atoms with Gasteiger partial charge in [0.25, 0.3) is 5.91 Å². The molecular formula is C31H40N6O6. The molecule has 0 spiro atoms. The molecule has 0 radical (unpaired) electrons. The van der Waals surface area contributed by atoms with E-state index in [4.69, 9.17) is 9.47 Å². The number of rotatable bonds is 10. The van der Waals surface area contributed by atoms with Crippen molar-refractivity contribution in [3.05, 3.63) is 71.8 Å². The Bertz CT molecular complexity index is 1450. The van der Waals surface area contributed by atoms with E-state index in [9.17, 15) is 19.2 Å². The Morgan fingerprint density at radius 2 is 1.56 bits per heavy atom. The molecule has 12 nitrogen and oxygen atoms in total. The maximum Gasteiger partial charge on any atom is 0.408 e. The second-order valence-corrected chi connectivity index (χ2v) is 11.9. The summed E-state index contributed by atoms with van der Waals surface area (Å²) < 4.78 is 12.2. The fraction of sp³-hybridized carbons (Fsp3) is 0.419. The standard InChI is InChI=1S/C31H40N6O6/c1-20(27(39)35-23-14-10-8-12-21(23)16-17-26(38)42-30(2,3)4)34-28(40)22-13-9-11-15-24(22)37-19-33-36-25(37)18-32-29(41)43-31(5,6)7/h8-15,19-20H,16-18H2,1-7H3,(H,32,41)(H,34,40)(H,35,39)/t20-/m0/s1. The predicted molar refractivity (Wildman–Crippen MR) is 161 cm³/mol. The van der Waals surface area contributed by atoms with Crippen LogP contribution in [0.1, 0.15) is 76.6 Å². The van der Waals surface area contributed by atoms with E-state index in [1.54, 1.807) is 68.7 Å². The molecule has 0 saturated heterocycles. The van der Waals surface area contributed by atoms with E-state index in [-0.39, 0.29) is 24.5 Å². The molecule has 0 aliphatic rings. The summed E-state index contributed by atoms with van der Waals surface area (Å²) in [6.45, 7) is 12.3. The quantitative estimate of drug-likeness (QED) is 0.294. The van der Waals surface area contributed by atoms with Gasteiger partial charge >= 0.3 is 12.1 Å². The van der Waals surface area contributed by atoms with Crippen LogP contribution in [0.4, 0.5) is 10.5 Å². The van der Waals surface area contributed by atoms with Crippen LogP contribution < -0.4 is 16.0 Å². The van der Waals surface area contributed by atoms with E-state index in [1.807, 2.05) is 32.9 Å². The summed E-state index contributed by atoms with van der Waals surface area (Å²) in [6, 6.07) is 13.1. The number of alkyl carbamates (subject to hydrolysis) is 1. The van der Waals surface area contributed by atoms with Crippen LogP contribution in [0.5, 0.6) is 0 Å². The molecule has 2 aromatic carbocycles. The molecule has 1 heterocycles. The lowest BCUT2D eigenvalue weighted by Crippen LogP contribution is -2.42. The van der Waals surface area contributed by atoms with Crippen molar-refractivity contribution in [1.29, 1.82) is 0 Å². The number of anilines is 1. The van der Waals surface area contributed by atoms with Crippen LogP contribution in [0.25, 0.3) is 5.69 Å². The molecular weight excluding hydrogens is 552 g/mol. The molecule has 12 heteroatoms. The Morgan fingerprint density at radius 3 is 2.26 bits per heavy atom. The zero-order valence-electron chi connectivity index (χ0n) is 25.7. The second-order valence-electron chi connectivity index (χ2n) is 11.9. The third-order valence-corrected chi connectivity index (χ3v) is 5.85. The van der Waals surface area contributed by atoms with Crippen LogP contribution in [0.15, 0.2) is 54.9 Å². The van der Waals surface area contributed by atoms with Crippen molar-refractivity contribution in [2.75, 3.05) is 5.32 Å². The van der Waals surface area contributed by atoms with Crippen molar-refractivity contribution in [3.63, 3.8) is 0 Å². The van der Waals surface area contributed by atoms with Gasteiger partial charge in [-0.3, -0.25) is 19.0 Å². The van der Waals surface area contributed by atoms with Gasteiger partial charge in [0.1, 0.15) is 23.6 Å². The molecule has 43 heavy (non-hydrogen) atoms. The third kappa shape index (κ3) is 10.2. The van der Waals surface area contributed by atoms with Crippen LogP contribution in [0.2, 0.25) is 0 Å². The summed E-state index contributed by atoms with van der Waals surface area (Å²) >= 11 is 0. The highest BCUT2D eigenvalue weighted by molar-refractivity contribution is 6.03. The number of aromatic nitrogens is 3. The molecule has 0 fully saturated rings. The third-order valence-electron chi connectivity index (χ3n) is 5.85. The number of amides is 3. The largest absolute Gasteiger partial charge is 0.460 e. The van der Waals surface area contributed by atoms with Crippen LogP contribution >= 0.6 is 0 Å². The Morgan fingerprint density at radius 1 is 0.907 bits per heavy atom. The molecule has 230 valence electrons. The Balaban J connectivity index is 1.67. The number of hydrogen-bond acceptors (Lipinski definition) is 8. The normalized spacial score (nSPS) is 12.2. The van der Waals surface area contributed by atoms with Crippen LogP contribution in [0.3, 0.4) is 0 Å². The van der Waals surface area contributed by atoms with Crippen molar-refractivity contribution >= 4 is 29.6 Å². The maximum atomic E-state index is 13.3. The lowest BCUT2D eigenvalue weighted by molar-refractivity contribution is -0.154. The molecule has 3 amide bonds. The lowest BCUT2D eigenvalue weighted by Gasteiger charge is -2.20. The van der Waals surface area contributed by atoms with E-state index in [0.717, 1.165) is 5.56 Å². The number of hydrogen-bond donors (Lipinski definition) is 3. The van der Waals surface area contributed by atoms with E-state index in [0.29, 0.717) is 23.6 Å². The highest BCUT2D eigenvalue weighted by Gasteiger charge is 2.22. The van der Waals surface area contributed by atoms with Crippen molar-refractivity contribution in [2.24, 2.45) is 0 Å². The minimum absolute atomic E-state index is 0.0109. The van der Waals surface area contributed by atoms with Crippen LogP contribution in [0, 0.1) is 0 Å². The number of benzene rings is 2. The monoisotopic (exact) mass is 592 g/mol. The van der Waals surface area contributed by atoms with Crippen molar-refractivity contribution in [3.8, 4) is 5.69 Å². The Labute approximate surface area is 251 Å². The number of carbonyl (C=O) groups is 4. The van der Waals surface area contributed by atoms with Gasteiger partial charge in [-0.15, -0.1) is 10.2 Å². The van der Waals surface area contributed by atoms with Gasteiger partial charge in [0.05, 0.1) is 17.8 Å². The summed E-state index contributed by atoms with van der Waals surface area (Å²) in [5, 5.41) is 16.2. The fourth-order valence-corrected chi connectivity index (χ4v) is 3.99. The highest BCUT2D eigenvalue weighted by atomic mass is 16.6. The summed E-state index contributed by atoms with van der Waals surface area (Å²) in [4.78, 5) is 50.7. The minimum Gasteiger partial charge on any atom is -0.460 e. The molecule has 0 aliphatic heterocycles. The van der Waals surface area contributed by atoms with Gasteiger partial charge in [-0.25, -0.2) is 4.79 Å². The number of nitrogens with zero attached hydrogens (tertiary/aromatic N) is 3. The van der Waals surface area contributed by atoms with Gasteiger partial charge in [0.2, 0.25) is 5.91 Å². The van der Waals surface area contributed by atoms with E-state index >= 15 is 0 Å². The Hall–Kier alpha value is -4.74. The number of nitrogens with one attached hydrogen (secondary N) is 3. The zero-order chi connectivity index (χ0) is 31.8. The molecule has 0 bridgehead atoms. The minimum atomic E-state index is -0.895. The SMILES string of the molecule is C[C@H](NC(=O)c1ccccc1-n1cnnc1CNC(=O)OC(C)(C)C)C(=O)Nc1ccccc1CCC(=O)OC(C)(C)C. The van der Waals surface area contributed by atoms with Gasteiger partial charge in [-0.1, -0.05) is 30.3 Å². The number of aryl methyl sites for hydroxylation is 1. The van der Waals surface area contributed by atoms with Crippen LogP contribution in [-0.4, -0.2) is 55.9 Å². The zero-order valence-corrected chi connectivity index (χ0v) is 25.7. The van der Waals surface area contributed by atoms with Gasteiger partial charge < -0.3 is 25.4 Å². The molecule has 3 N–H and O–H groups in total. The molecule has 1 atom stereocenters. The number of carbonyl (C=O) groups excluding carboxylic acids is 4. The van der Waals surface area contributed by atoms with Gasteiger partial charge in [-0.05, 0) is 78.6 Å². The van der Waals surface area contributed by atoms with Gasteiger partial charge in [0, 0.05) is 12.1 Å². The second kappa shape index (κ2) is 14.0. The lowest BCUT2D eigenvalue weighted by atomic mass is 10.1. The first-order valence-electron chi connectivity index (χ1n) is 14.0. The first-order valence-corrected chi connectivity index (χ1v) is 14.0. The Kier molecular flexibility index (Phi) is 10.6. The van der Waals surface area contributed by atoms with Crippen LogP contribution in [-0.2, 0) is 32.0 Å². The molecule has 0 aliphatic carbocycles. The predicted octanol–water partition coefficient (Wildman–Crippen LogP) is 4.32. The highest BCUT2D eigenvalue weighted by Crippen LogP contribution is 2.20. The van der Waals surface area contributed by atoms with E-state index in [1.165, 1.54) is 6.33 Å². The summed E-state index contributed by atoms with van der Waals surface area (Å²) in [6.07, 6.45) is 1.36. The number of esters is 1. The topological polar surface area (TPSA) is 154 Å². The van der Waals surface area contributed by atoms with E-state index < -0.39 is 35.2 Å². The van der Waals surface area contributed by atoms with Crippen molar-refractivity contribution < 1.29 is 28.7 Å². The summed E-state index contributed by atoms with van der Waals surface area (Å²) in [5.74, 6) is -0.872. The van der Waals surface area contributed by atoms with E-state index in [2.05, 4.69) is 26.1 Å². The molecule has 0 saturated carbocycles. The van der Waals surface area contributed by atoms with Crippen molar-refractivity contribution in [1.82, 2.24) is 25.4 Å². The average molecular weight is 593 g/mol. The van der Waals surface area contributed by atoms with Crippen molar-refractivity contribution in [2.45, 2.75) is 85.1 Å². The summed E-state index contributed by atoms with van der Waals surface area (Å²) in [5.41, 5.74) is 0.816. The molecule has 3 aromatic rings. The molecule has 0 unspecified atom stereocenters. The number of para-hydroxylation sites is 2. The first kappa shape index (κ1) is 32.8. The smallest absolute Gasteiger partial charge is 0.408 e. The fourth-order valence-electron chi connectivity index (χ4n) is 3.99. The number of ether oxygens (including phenoxy) is 2. The summed E-state index contributed by atoms with van der Waals surface area (Å²) in [7, 11) is 0. The molecule has 3 rings (SSSR count). The maximum absolute atomic E-state index is 13.3. The first-order chi connectivity index (χ1) is 20.1. The van der Waals surface area contributed by atoms with Gasteiger partial charge in [0.15, 0.2) is 5.82 Å².